The van der Waals surface area contributed by atoms with Crippen molar-refractivity contribution in [3.63, 3.8) is 0 Å². The van der Waals surface area contributed by atoms with Crippen molar-refractivity contribution in [3.05, 3.63) is 54.1 Å². The van der Waals surface area contributed by atoms with E-state index in [9.17, 15) is 13.2 Å². The molecule has 1 fully saturated rings. The number of rotatable bonds is 4. The van der Waals surface area contributed by atoms with Crippen LogP contribution in [0.5, 0.6) is 0 Å². The van der Waals surface area contributed by atoms with Crippen molar-refractivity contribution in [2.75, 3.05) is 32.4 Å². The second kappa shape index (κ2) is 7.65. The normalized spacial score (nSPS) is 16.3. The second-order valence-corrected chi connectivity index (χ2v) is 9.34. The zero-order valence-corrected chi connectivity index (χ0v) is 17.5. The number of carbonyl (C=O) groups excluding carboxylic acids is 1. The molecular weight excluding hydrogens is 386 g/mol. The van der Waals surface area contributed by atoms with Gasteiger partial charge in [0.2, 0.25) is 15.9 Å². The fourth-order valence-electron chi connectivity index (χ4n) is 4.03. The molecule has 1 aliphatic heterocycles. The summed E-state index contributed by atoms with van der Waals surface area (Å²) in [7, 11) is -3.19. The van der Waals surface area contributed by atoms with Gasteiger partial charge in [0.15, 0.2) is 0 Å². The van der Waals surface area contributed by atoms with Crippen LogP contribution in [0.3, 0.4) is 0 Å². The van der Waals surface area contributed by atoms with Gasteiger partial charge in [0, 0.05) is 60.6 Å². The highest BCUT2D eigenvalue weighted by molar-refractivity contribution is 7.88. The Hall–Kier alpha value is -2.64. The first kappa shape index (κ1) is 19.7. The van der Waals surface area contributed by atoms with Crippen molar-refractivity contribution in [1.29, 1.82) is 0 Å². The Morgan fingerprint density at radius 3 is 2.38 bits per heavy atom. The van der Waals surface area contributed by atoms with Gasteiger partial charge < -0.3 is 9.47 Å². The highest BCUT2D eigenvalue weighted by Gasteiger charge is 2.24. The maximum atomic E-state index is 12.5. The SMILES string of the molecule is CCn1c2ccccc2c2cc(/C=C/C(=O)N3CCN(S(C)(=O)=O)CC3)ccc21. The van der Waals surface area contributed by atoms with Gasteiger partial charge >= 0.3 is 0 Å². The first-order valence-corrected chi connectivity index (χ1v) is 11.7. The number of aryl methyl sites for hydroxylation is 1. The Balaban J connectivity index is 1.54. The summed E-state index contributed by atoms with van der Waals surface area (Å²) in [5.41, 5.74) is 3.37. The van der Waals surface area contributed by atoms with Crippen molar-refractivity contribution in [2.45, 2.75) is 13.5 Å². The van der Waals surface area contributed by atoms with E-state index in [0.717, 1.165) is 12.1 Å². The Kier molecular flexibility index (Phi) is 5.19. The molecule has 4 rings (SSSR count). The topological polar surface area (TPSA) is 62.6 Å². The summed E-state index contributed by atoms with van der Waals surface area (Å²) in [6.45, 7) is 4.57. The van der Waals surface area contributed by atoms with Crippen LogP contribution in [-0.2, 0) is 21.4 Å². The number of aromatic nitrogens is 1. The van der Waals surface area contributed by atoms with Crippen LogP contribution in [-0.4, -0.2) is 60.5 Å². The average molecular weight is 412 g/mol. The number of sulfonamides is 1. The van der Waals surface area contributed by atoms with E-state index in [2.05, 4.69) is 41.8 Å². The molecule has 0 bridgehead atoms. The minimum absolute atomic E-state index is 0.0887. The van der Waals surface area contributed by atoms with Gasteiger partial charge in [-0.3, -0.25) is 4.79 Å². The van der Waals surface area contributed by atoms with E-state index in [1.807, 2.05) is 18.2 Å². The summed E-state index contributed by atoms with van der Waals surface area (Å²) in [5, 5.41) is 2.39. The largest absolute Gasteiger partial charge is 0.341 e. The van der Waals surface area contributed by atoms with Crippen LogP contribution in [0.2, 0.25) is 0 Å². The first-order valence-electron chi connectivity index (χ1n) is 9.81. The lowest BCUT2D eigenvalue weighted by molar-refractivity contribution is -0.127. The van der Waals surface area contributed by atoms with Crippen LogP contribution >= 0.6 is 0 Å². The summed E-state index contributed by atoms with van der Waals surface area (Å²) in [4.78, 5) is 14.2. The van der Waals surface area contributed by atoms with Crippen LogP contribution in [0.25, 0.3) is 27.9 Å². The molecule has 6 nitrogen and oxygen atoms in total. The molecule has 0 aliphatic carbocycles. The molecule has 7 heteroatoms. The predicted octanol–water partition coefficient (Wildman–Crippen LogP) is 2.93. The van der Waals surface area contributed by atoms with Crippen molar-refractivity contribution in [3.8, 4) is 0 Å². The third-order valence-electron chi connectivity index (χ3n) is 5.55. The number of amides is 1. The van der Waals surface area contributed by atoms with Crippen molar-refractivity contribution >= 4 is 43.8 Å². The number of benzene rings is 2. The van der Waals surface area contributed by atoms with Gasteiger partial charge in [-0.05, 0) is 36.8 Å². The summed E-state index contributed by atoms with van der Waals surface area (Å²) >= 11 is 0. The predicted molar refractivity (Wildman–Crippen MR) is 117 cm³/mol. The molecular formula is C22H25N3O3S. The highest BCUT2D eigenvalue weighted by Crippen LogP contribution is 2.30. The molecule has 0 spiro atoms. The summed E-state index contributed by atoms with van der Waals surface area (Å²) in [5.74, 6) is -0.0887. The molecule has 1 amide bonds. The monoisotopic (exact) mass is 411 g/mol. The van der Waals surface area contributed by atoms with Gasteiger partial charge in [0.1, 0.15) is 0 Å². The van der Waals surface area contributed by atoms with E-state index < -0.39 is 10.0 Å². The molecule has 29 heavy (non-hydrogen) atoms. The van der Waals surface area contributed by atoms with Crippen LogP contribution in [0.1, 0.15) is 12.5 Å². The van der Waals surface area contributed by atoms with Gasteiger partial charge in [-0.15, -0.1) is 0 Å². The Morgan fingerprint density at radius 1 is 1.00 bits per heavy atom. The molecule has 0 radical (unpaired) electrons. The second-order valence-electron chi connectivity index (χ2n) is 7.36. The quantitative estimate of drug-likeness (QED) is 0.620. The van der Waals surface area contributed by atoms with Gasteiger partial charge in [0.05, 0.1) is 6.26 Å². The van der Waals surface area contributed by atoms with Crippen molar-refractivity contribution < 1.29 is 13.2 Å². The minimum Gasteiger partial charge on any atom is -0.341 e. The van der Waals surface area contributed by atoms with Crippen LogP contribution in [0, 0.1) is 0 Å². The molecule has 0 atom stereocenters. The highest BCUT2D eigenvalue weighted by atomic mass is 32.2. The Labute approximate surface area is 171 Å². The third-order valence-corrected chi connectivity index (χ3v) is 6.85. The molecule has 2 aromatic carbocycles. The van der Waals surface area contributed by atoms with E-state index in [1.165, 1.54) is 32.4 Å². The number of piperazine rings is 1. The van der Waals surface area contributed by atoms with Gasteiger partial charge in [-0.25, -0.2) is 8.42 Å². The van der Waals surface area contributed by atoms with Gasteiger partial charge in [-0.2, -0.15) is 4.31 Å². The molecule has 1 saturated heterocycles. The van der Waals surface area contributed by atoms with E-state index in [-0.39, 0.29) is 5.91 Å². The van der Waals surface area contributed by atoms with Gasteiger partial charge in [0.25, 0.3) is 0 Å². The summed E-state index contributed by atoms with van der Waals surface area (Å²) in [6, 6.07) is 14.6. The Bertz CT molecular complexity index is 1200. The van der Waals surface area contributed by atoms with Crippen molar-refractivity contribution in [2.24, 2.45) is 0 Å². The molecule has 1 aromatic heterocycles. The summed E-state index contributed by atoms with van der Waals surface area (Å²) in [6.07, 6.45) is 4.62. The number of carbonyl (C=O) groups is 1. The van der Waals surface area contributed by atoms with E-state index in [4.69, 9.17) is 0 Å². The van der Waals surface area contributed by atoms with E-state index in [1.54, 1.807) is 11.0 Å². The average Bonchev–Trinajstić information content (AvgIpc) is 3.04. The Morgan fingerprint density at radius 2 is 1.69 bits per heavy atom. The van der Waals surface area contributed by atoms with Crippen LogP contribution in [0.15, 0.2) is 48.5 Å². The lowest BCUT2D eigenvalue weighted by Crippen LogP contribution is -2.49. The van der Waals surface area contributed by atoms with Crippen LogP contribution < -0.4 is 0 Å². The van der Waals surface area contributed by atoms with E-state index >= 15 is 0 Å². The number of nitrogens with zero attached hydrogens (tertiary/aromatic N) is 3. The molecule has 0 N–H and O–H groups in total. The minimum atomic E-state index is -3.19. The number of hydrogen-bond donors (Lipinski definition) is 0. The number of para-hydroxylation sites is 1. The van der Waals surface area contributed by atoms with Crippen LogP contribution in [0.4, 0.5) is 0 Å². The molecule has 1 aliphatic rings. The number of fused-ring (bicyclic) bond motifs is 3. The summed E-state index contributed by atoms with van der Waals surface area (Å²) < 4.78 is 26.9. The molecule has 152 valence electrons. The lowest BCUT2D eigenvalue weighted by atomic mass is 10.1. The fraction of sp³-hybridized carbons (Fsp3) is 0.318. The molecule has 0 unspecified atom stereocenters. The molecule has 2 heterocycles. The first-order chi connectivity index (χ1) is 13.9. The zero-order chi connectivity index (χ0) is 20.6. The smallest absolute Gasteiger partial charge is 0.246 e. The van der Waals surface area contributed by atoms with Gasteiger partial charge in [-0.1, -0.05) is 24.3 Å². The lowest BCUT2D eigenvalue weighted by Gasteiger charge is -2.32. The third kappa shape index (κ3) is 3.80. The maximum absolute atomic E-state index is 12.5. The van der Waals surface area contributed by atoms with E-state index in [0.29, 0.717) is 26.2 Å². The zero-order valence-electron chi connectivity index (χ0n) is 16.7. The fourth-order valence-corrected chi connectivity index (χ4v) is 4.86. The standard InChI is InChI=1S/C22H25N3O3S/c1-3-25-20-7-5-4-6-18(20)19-16-17(8-10-21(19)25)9-11-22(26)23-12-14-24(15-13-23)29(2,27)28/h4-11,16H,3,12-15H2,1-2H3/b11-9+. The molecule has 3 aromatic rings. The van der Waals surface area contributed by atoms with Crippen molar-refractivity contribution in [1.82, 2.24) is 13.8 Å². The molecule has 0 saturated carbocycles. The number of hydrogen-bond acceptors (Lipinski definition) is 3. The maximum Gasteiger partial charge on any atom is 0.246 e.